The van der Waals surface area contributed by atoms with Crippen LogP contribution < -0.4 is 10.1 Å². The van der Waals surface area contributed by atoms with Gasteiger partial charge in [0.05, 0.1) is 6.10 Å². The fraction of sp³-hybridized carbons (Fsp3) is 0.647. The fourth-order valence-corrected chi connectivity index (χ4v) is 3.04. The first-order valence-corrected chi connectivity index (χ1v) is 8.13. The summed E-state index contributed by atoms with van der Waals surface area (Å²) in [4.78, 5) is 0. The Kier molecular flexibility index (Phi) is 5.74. The van der Waals surface area contributed by atoms with Crippen molar-refractivity contribution in [1.29, 1.82) is 0 Å². The van der Waals surface area contributed by atoms with Crippen LogP contribution in [-0.2, 0) is 6.54 Å². The maximum absolute atomic E-state index is 6.26. The fourth-order valence-electron chi connectivity index (χ4n) is 2.85. The minimum atomic E-state index is 0.350. The van der Waals surface area contributed by atoms with Crippen LogP contribution >= 0.6 is 11.6 Å². The molecule has 0 radical (unpaired) electrons. The molecule has 3 unspecified atom stereocenters. The van der Waals surface area contributed by atoms with E-state index in [1.807, 2.05) is 18.2 Å². The van der Waals surface area contributed by atoms with Gasteiger partial charge in [0.1, 0.15) is 5.75 Å². The standard InChI is InChI=1S/C17H26ClNO/c1-4-19-11-14-10-15(18)6-8-17(14)20-16-7-5-12(2)13(3)9-16/h6,8,10,12-13,16,19H,4-5,7,9,11H2,1-3H3. The molecule has 0 spiro atoms. The van der Waals surface area contributed by atoms with Gasteiger partial charge in [-0.3, -0.25) is 0 Å². The van der Waals surface area contributed by atoms with Gasteiger partial charge in [-0.15, -0.1) is 0 Å². The quantitative estimate of drug-likeness (QED) is 0.853. The van der Waals surface area contributed by atoms with Gasteiger partial charge in [0.25, 0.3) is 0 Å². The van der Waals surface area contributed by atoms with E-state index in [9.17, 15) is 0 Å². The summed E-state index contributed by atoms with van der Waals surface area (Å²) < 4.78 is 6.26. The van der Waals surface area contributed by atoms with Gasteiger partial charge in [-0.25, -0.2) is 0 Å². The molecule has 112 valence electrons. The van der Waals surface area contributed by atoms with Crippen LogP contribution in [0.25, 0.3) is 0 Å². The molecule has 1 saturated carbocycles. The first kappa shape index (κ1) is 15.7. The molecule has 0 aliphatic heterocycles. The lowest BCUT2D eigenvalue weighted by atomic mass is 9.80. The predicted molar refractivity (Wildman–Crippen MR) is 85.4 cm³/mol. The van der Waals surface area contributed by atoms with Crippen molar-refractivity contribution in [2.75, 3.05) is 6.54 Å². The predicted octanol–water partition coefficient (Wildman–Crippen LogP) is 4.65. The molecule has 1 aliphatic carbocycles. The Labute approximate surface area is 127 Å². The maximum atomic E-state index is 6.26. The van der Waals surface area contributed by atoms with Crippen LogP contribution in [0.5, 0.6) is 5.75 Å². The third kappa shape index (κ3) is 4.13. The zero-order valence-corrected chi connectivity index (χ0v) is 13.5. The second kappa shape index (κ2) is 7.33. The normalized spacial score (nSPS) is 26.5. The van der Waals surface area contributed by atoms with E-state index in [4.69, 9.17) is 16.3 Å². The molecule has 3 atom stereocenters. The lowest BCUT2D eigenvalue weighted by Gasteiger charge is -2.32. The average molecular weight is 296 g/mol. The monoisotopic (exact) mass is 295 g/mol. The minimum Gasteiger partial charge on any atom is -0.490 e. The maximum Gasteiger partial charge on any atom is 0.124 e. The zero-order valence-electron chi connectivity index (χ0n) is 12.8. The number of hydrogen-bond donors (Lipinski definition) is 1. The van der Waals surface area contributed by atoms with Crippen LogP contribution in [-0.4, -0.2) is 12.6 Å². The van der Waals surface area contributed by atoms with Gasteiger partial charge < -0.3 is 10.1 Å². The summed E-state index contributed by atoms with van der Waals surface area (Å²) in [6.45, 7) is 8.55. The molecular formula is C17H26ClNO. The zero-order chi connectivity index (χ0) is 14.5. The van der Waals surface area contributed by atoms with E-state index in [1.54, 1.807) is 0 Å². The van der Waals surface area contributed by atoms with E-state index < -0.39 is 0 Å². The molecule has 2 rings (SSSR count). The highest BCUT2D eigenvalue weighted by atomic mass is 35.5. The molecule has 3 heteroatoms. The lowest BCUT2D eigenvalue weighted by Crippen LogP contribution is -2.29. The molecule has 1 N–H and O–H groups in total. The molecule has 0 amide bonds. The molecule has 0 heterocycles. The number of nitrogens with one attached hydrogen (secondary N) is 1. The van der Waals surface area contributed by atoms with Crippen molar-refractivity contribution in [2.45, 2.75) is 52.7 Å². The van der Waals surface area contributed by atoms with Crippen LogP contribution in [0.3, 0.4) is 0 Å². The highest BCUT2D eigenvalue weighted by Crippen LogP contribution is 2.33. The van der Waals surface area contributed by atoms with Crippen molar-refractivity contribution in [3.63, 3.8) is 0 Å². The Bertz CT molecular complexity index is 435. The van der Waals surface area contributed by atoms with Gasteiger partial charge in [0.2, 0.25) is 0 Å². The molecule has 20 heavy (non-hydrogen) atoms. The SMILES string of the molecule is CCNCc1cc(Cl)ccc1OC1CCC(C)C(C)C1. The highest BCUT2D eigenvalue weighted by molar-refractivity contribution is 6.30. The number of rotatable bonds is 5. The van der Waals surface area contributed by atoms with E-state index in [0.717, 1.165) is 54.1 Å². The molecule has 1 aliphatic rings. The van der Waals surface area contributed by atoms with Crippen molar-refractivity contribution in [3.05, 3.63) is 28.8 Å². The molecule has 0 aromatic heterocycles. The van der Waals surface area contributed by atoms with Crippen molar-refractivity contribution >= 4 is 11.6 Å². The first-order valence-electron chi connectivity index (χ1n) is 7.76. The Morgan fingerprint density at radius 2 is 2.05 bits per heavy atom. The molecular weight excluding hydrogens is 270 g/mol. The van der Waals surface area contributed by atoms with E-state index in [2.05, 4.69) is 26.1 Å². The molecule has 1 fully saturated rings. The lowest BCUT2D eigenvalue weighted by molar-refractivity contribution is 0.0996. The van der Waals surface area contributed by atoms with Gasteiger partial charge >= 0.3 is 0 Å². The summed E-state index contributed by atoms with van der Waals surface area (Å²) in [5, 5.41) is 4.12. The third-order valence-electron chi connectivity index (χ3n) is 4.43. The number of halogens is 1. The second-order valence-electron chi connectivity index (χ2n) is 6.04. The van der Waals surface area contributed by atoms with Crippen molar-refractivity contribution in [2.24, 2.45) is 11.8 Å². The van der Waals surface area contributed by atoms with Crippen LogP contribution in [0.1, 0.15) is 45.6 Å². The van der Waals surface area contributed by atoms with Crippen LogP contribution in [0.2, 0.25) is 5.02 Å². The van der Waals surface area contributed by atoms with Gasteiger partial charge in [-0.05, 0) is 55.8 Å². The van der Waals surface area contributed by atoms with Gasteiger partial charge in [0, 0.05) is 17.1 Å². The Hall–Kier alpha value is -0.730. The second-order valence-corrected chi connectivity index (χ2v) is 6.48. The summed E-state index contributed by atoms with van der Waals surface area (Å²) in [5.41, 5.74) is 1.16. The van der Waals surface area contributed by atoms with Crippen LogP contribution in [0.15, 0.2) is 18.2 Å². The number of ether oxygens (including phenoxy) is 1. The average Bonchev–Trinajstić information content (AvgIpc) is 2.43. The molecule has 2 nitrogen and oxygen atoms in total. The van der Waals surface area contributed by atoms with Crippen LogP contribution in [0, 0.1) is 11.8 Å². The van der Waals surface area contributed by atoms with E-state index in [-0.39, 0.29) is 0 Å². The van der Waals surface area contributed by atoms with E-state index in [1.165, 1.54) is 6.42 Å². The molecule has 0 saturated heterocycles. The Morgan fingerprint density at radius 3 is 2.75 bits per heavy atom. The van der Waals surface area contributed by atoms with Crippen molar-refractivity contribution in [1.82, 2.24) is 5.32 Å². The summed E-state index contributed by atoms with van der Waals surface area (Å²) in [7, 11) is 0. The smallest absolute Gasteiger partial charge is 0.124 e. The van der Waals surface area contributed by atoms with Crippen molar-refractivity contribution < 1.29 is 4.74 Å². The topological polar surface area (TPSA) is 21.3 Å². The summed E-state index contributed by atoms with van der Waals surface area (Å²) in [6, 6.07) is 5.94. The molecule has 1 aromatic carbocycles. The number of benzene rings is 1. The van der Waals surface area contributed by atoms with Gasteiger partial charge in [0.15, 0.2) is 0 Å². The van der Waals surface area contributed by atoms with E-state index in [0.29, 0.717) is 6.10 Å². The molecule has 1 aromatic rings. The molecule has 0 bridgehead atoms. The Balaban J connectivity index is 2.04. The van der Waals surface area contributed by atoms with Gasteiger partial charge in [-0.2, -0.15) is 0 Å². The van der Waals surface area contributed by atoms with Gasteiger partial charge in [-0.1, -0.05) is 32.4 Å². The Morgan fingerprint density at radius 1 is 1.25 bits per heavy atom. The largest absolute Gasteiger partial charge is 0.490 e. The van der Waals surface area contributed by atoms with Crippen molar-refractivity contribution in [3.8, 4) is 5.75 Å². The summed E-state index contributed by atoms with van der Waals surface area (Å²) in [5.74, 6) is 2.56. The summed E-state index contributed by atoms with van der Waals surface area (Å²) >= 11 is 6.10. The number of hydrogen-bond acceptors (Lipinski definition) is 2. The summed E-state index contributed by atoms with van der Waals surface area (Å²) in [6.07, 6.45) is 3.93. The van der Waals surface area contributed by atoms with Crippen LogP contribution in [0.4, 0.5) is 0 Å². The third-order valence-corrected chi connectivity index (χ3v) is 4.67. The first-order chi connectivity index (χ1) is 9.60. The highest BCUT2D eigenvalue weighted by Gasteiger charge is 2.26. The van der Waals surface area contributed by atoms with E-state index >= 15 is 0 Å². The minimum absolute atomic E-state index is 0.350.